The number of halogens is 3. The standard InChI is InChI=1S/C19H19F3N6O2/c1-29-15-3-16-24-6-14(28(16)27-17(15)9-7-30-8-9)18-10(20)2-11(21)19(26-18)25-13-5-23-4-12(13)22/h2-3,6,9,12-13,23H,4-5,7-8H2,1H3,(H,25,26)/t12-,13-/m0/s1. The van der Waals surface area contributed by atoms with E-state index in [2.05, 4.69) is 25.7 Å². The molecule has 8 nitrogen and oxygen atoms in total. The van der Waals surface area contributed by atoms with E-state index in [1.54, 1.807) is 6.07 Å². The molecule has 2 atom stereocenters. The van der Waals surface area contributed by atoms with Crippen molar-refractivity contribution in [2.45, 2.75) is 18.1 Å². The minimum Gasteiger partial charge on any atom is -0.495 e. The zero-order valence-electron chi connectivity index (χ0n) is 16.0. The second-order valence-electron chi connectivity index (χ2n) is 7.32. The fourth-order valence-electron chi connectivity index (χ4n) is 3.62. The van der Waals surface area contributed by atoms with Gasteiger partial charge >= 0.3 is 0 Å². The van der Waals surface area contributed by atoms with Crippen LogP contribution in [0, 0.1) is 11.6 Å². The Labute approximate surface area is 169 Å². The molecule has 2 fully saturated rings. The van der Waals surface area contributed by atoms with E-state index in [9.17, 15) is 13.2 Å². The Kier molecular flexibility index (Phi) is 4.70. The van der Waals surface area contributed by atoms with Crippen LogP contribution in [-0.4, -0.2) is 65.2 Å². The number of ether oxygens (including phenoxy) is 2. The molecule has 2 N–H and O–H groups in total. The monoisotopic (exact) mass is 420 g/mol. The molecule has 0 spiro atoms. The summed E-state index contributed by atoms with van der Waals surface area (Å²) in [4.78, 5) is 8.36. The van der Waals surface area contributed by atoms with Crippen molar-refractivity contribution in [2.75, 3.05) is 38.7 Å². The van der Waals surface area contributed by atoms with Crippen molar-refractivity contribution >= 4 is 11.5 Å². The van der Waals surface area contributed by atoms with Crippen LogP contribution in [0.3, 0.4) is 0 Å². The van der Waals surface area contributed by atoms with Crippen molar-refractivity contribution in [3.8, 4) is 17.1 Å². The molecule has 158 valence electrons. The number of rotatable bonds is 5. The normalized spacial score (nSPS) is 21.7. The molecule has 5 rings (SSSR count). The molecular weight excluding hydrogens is 401 g/mol. The summed E-state index contributed by atoms with van der Waals surface area (Å²) < 4.78 is 55.0. The molecule has 0 aliphatic carbocycles. The Morgan fingerprint density at radius 3 is 2.73 bits per heavy atom. The topological polar surface area (TPSA) is 85.6 Å². The van der Waals surface area contributed by atoms with Gasteiger partial charge in [0.25, 0.3) is 0 Å². The van der Waals surface area contributed by atoms with Gasteiger partial charge in [0.2, 0.25) is 0 Å². The van der Waals surface area contributed by atoms with E-state index in [0.717, 1.165) is 6.07 Å². The highest BCUT2D eigenvalue weighted by atomic mass is 19.1. The van der Waals surface area contributed by atoms with Crippen molar-refractivity contribution in [1.82, 2.24) is 24.9 Å². The first kappa shape index (κ1) is 19.1. The summed E-state index contributed by atoms with van der Waals surface area (Å²) in [5, 5.41) is 10.2. The number of fused-ring (bicyclic) bond motifs is 1. The van der Waals surface area contributed by atoms with Gasteiger partial charge in [0.15, 0.2) is 23.1 Å². The Bertz CT molecular complexity index is 1100. The minimum absolute atomic E-state index is 0.0548. The van der Waals surface area contributed by atoms with E-state index >= 15 is 0 Å². The summed E-state index contributed by atoms with van der Waals surface area (Å²) in [6.07, 6.45) is 0.210. The van der Waals surface area contributed by atoms with Crippen molar-refractivity contribution in [1.29, 1.82) is 0 Å². The number of methoxy groups -OCH3 is 1. The van der Waals surface area contributed by atoms with Crippen LogP contribution < -0.4 is 15.4 Å². The quantitative estimate of drug-likeness (QED) is 0.652. The number of hydrogen-bond donors (Lipinski definition) is 2. The maximum atomic E-state index is 14.7. The molecule has 0 radical (unpaired) electrons. The van der Waals surface area contributed by atoms with Crippen LogP contribution in [0.1, 0.15) is 11.6 Å². The molecule has 3 aromatic rings. The average Bonchev–Trinajstić information content (AvgIpc) is 3.28. The molecule has 2 saturated heterocycles. The van der Waals surface area contributed by atoms with E-state index < -0.39 is 23.8 Å². The van der Waals surface area contributed by atoms with Crippen LogP contribution >= 0.6 is 0 Å². The predicted molar refractivity (Wildman–Crippen MR) is 101 cm³/mol. The van der Waals surface area contributed by atoms with Crippen molar-refractivity contribution in [2.24, 2.45) is 0 Å². The molecule has 5 heterocycles. The second kappa shape index (κ2) is 7.40. The molecule has 0 unspecified atom stereocenters. The molecule has 11 heteroatoms. The van der Waals surface area contributed by atoms with Crippen LogP contribution in [0.5, 0.6) is 5.75 Å². The summed E-state index contributed by atoms with van der Waals surface area (Å²) in [6.45, 7) is 1.50. The zero-order valence-corrected chi connectivity index (χ0v) is 16.0. The molecule has 2 aliphatic rings. The highest BCUT2D eigenvalue weighted by molar-refractivity contribution is 5.63. The summed E-state index contributed by atoms with van der Waals surface area (Å²) in [6, 6.07) is 1.77. The number of anilines is 1. The summed E-state index contributed by atoms with van der Waals surface area (Å²) in [5.41, 5.74) is 1.20. The van der Waals surface area contributed by atoms with Gasteiger partial charge in [0, 0.05) is 25.2 Å². The van der Waals surface area contributed by atoms with Gasteiger partial charge in [0.1, 0.15) is 29.0 Å². The number of hydrogen-bond acceptors (Lipinski definition) is 7. The molecule has 0 saturated carbocycles. The van der Waals surface area contributed by atoms with Gasteiger partial charge in [-0.15, -0.1) is 0 Å². The first-order chi connectivity index (χ1) is 14.5. The van der Waals surface area contributed by atoms with Gasteiger partial charge in [0.05, 0.1) is 38.5 Å². The summed E-state index contributed by atoms with van der Waals surface area (Å²) >= 11 is 0. The highest BCUT2D eigenvalue weighted by Gasteiger charge is 2.30. The Balaban J connectivity index is 1.58. The van der Waals surface area contributed by atoms with Crippen LogP contribution in [-0.2, 0) is 4.74 Å². The first-order valence-electron chi connectivity index (χ1n) is 9.53. The van der Waals surface area contributed by atoms with Gasteiger partial charge in [-0.2, -0.15) is 5.10 Å². The second-order valence-corrected chi connectivity index (χ2v) is 7.32. The van der Waals surface area contributed by atoms with Crippen LogP contribution in [0.25, 0.3) is 17.0 Å². The Morgan fingerprint density at radius 2 is 2.07 bits per heavy atom. The number of aromatic nitrogens is 4. The highest BCUT2D eigenvalue weighted by Crippen LogP contribution is 2.33. The average molecular weight is 420 g/mol. The fraction of sp³-hybridized carbons (Fsp3) is 0.421. The Morgan fingerprint density at radius 1 is 1.23 bits per heavy atom. The smallest absolute Gasteiger partial charge is 0.168 e. The van der Waals surface area contributed by atoms with E-state index in [1.165, 1.54) is 17.8 Å². The maximum Gasteiger partial charge on any atom is 0.168 e. The third-order valence-corrected chi connectivity index (χ3v) is 5.36. The minimum atomic E-state index is -1.20. The van der Waals surface area contributed by atoms with Gasteiger partial charge in [-0.3, -0.25) is 0 Å². The molecular formula is C19H19F3N6O2. The summed E-state index contributed by atoms with van der Waals surface area (Å²) in [7, 11) is 1.54. The molecule has 0 bridgehead atoms. The van der Waals surface area contributed by atoms with Crippen LogP contribution in [0.15, 0.2) is 18.3 Å². The third-order valence-electron chi connectivity index (χ3n) is 5.36. The van der Waals surface area contributed by atoms with Crippen molar-refractivity contribution < 1.29 is 22.6 Å². The molecule has 2 aliphatic heterocycles. The van der Waals surface area contributed by atoms with Crippen LogP contribution in [0.2, 0.25) is 0 Å². The largest absolute Gasteiger partial charge is 0.495 e. The molecule has 3 aromatic heterocycles. The lowest BCUT2D eigenvalue weighted by atomic mass is 10.0. The van der Waals surface area contributed by atoms with Gasteiger partial charge in [-0.05, 0) is 0 Å². The van der Waals surface area contributed by atoms with Crippen molar-refractivity contribution in [3.63, 3.8) is 0 Å². The van der Waals surface area contributed by atoms with E-state index in [4.69, 9.17) is 9.47 Å². The van der Waals surface area contributed by atoms with E-state index in [1.807, 2.05) is 0 Å². The van der Waals surface area contributed by atoms with Crippen molar-refractivity contribution in [3.05, 3.63) is 35.7 Å². The summed E-state index contributed by atoms with van der Waals surface area (Å²) in [5.74, 6) is -1.37. The SMILES string of the molecule is COc1cc2ncc(-c3nc(N[C@H]4CNC[C@@H]4F)c(F)cc3F)n2nc1C1COC1. The zero-order chi connectivity index (χ0) is 20.8. The number of nitrogens with zero attached hydrogens (tertiary/aromatic N) is 4. The fourth-order valence-corrected chi connectivity index (χ4v) is 3.62. The lowest BCUT2D eigenvalue weighted by molar-refractivity contribution is 0.00530. The third kappa shape index (κ3) is 3.14. The molecule has 0 aromatic carbocycles. The number of pyridine rings is 1. The molecule has 30 heavy (non-hydrogen) atoms. The first-order valence-corrected chi connectivity index (χ1v) is 9.53. The molecule has 0 amide bonds. The number of alkyl halides is 1. The van der Waals surface area contributed by atoms with Gasteiger partial charge in [-0.1, -0.05) is 0 Å². The lowest BCUT2D eigenvalue weighted by Crippen LogP contribution is -2.30. The predicted octanol–water partition coefficient (Wildman–Crippen LogP) is 1.91. The van der Waals surface area contributed by atoms with Gasteiger partial charge in [-0.25, -0.2) is 27.7 Å². The number of imidazole rings is 1. The van der Waals surface area contributed by atoms with Gasteiger partial charge < -0.3 is 20.1 Å². The number of nitrogens with one attached hydrogen (secondary N) is 2. The lowest BCUT2D eigenvalue weighted by Gasteiger charge is -2.26. The Hall–Kier alpha value is -2.92. The van der Waals surface area contributed by atoms with E-state index in [-0.39, 0.29) is 29.7 Å². The maximum absolute atomic E-state index is 14.7. The van der Waals surface area contributed by atoms with Crippen LogP contribution in [0.4, 0.5) is 19.0 Å². The van der Waals surface area contributed by atoms with E-state index in [0.29, 0.717) is 36.8 Å².